The van der Waals surface area contributed by atoms with E-state index < -0.39 is 36.7 Å². The van der Waals surface area contributed by atoms with Crippen molar-refractivity contribution in [2.45, 2.75) is 38.1 Å². The first-order valence-electron chi connectivity index (χ1n) is 8.03. The molecule has 1 saturated heterocycles. The van der Waals surface area contributed by atoms with E-state index in [1.807, 2.05) is 11.4 Å². The first-order chi connectivity index (χ1) is 12.2. The second-order valence-electron chi connectivity index (χ2n) is 5.92. The normalized spacial score (nSPS) is 18.1. The highest BCUT2D eigenvalue weighted by atomic mass is 19.4. The Labute approximate surface area is 148 Å². The van der Waals surface area contributed by atoms with Crippen LogP contribution in [0.2, 0.25) is 0 Å². The highest BCUT2D eigenvalue weighted by Crippen LogP contribution is 2.21. The summed E-state index contributed by atoms with van der Waals surface area (Å²) in [5.74, 6) is -0.994. The van der Waals surface area contributed by atoms with E-state index in [0.717, 1.165) is 0 Å². The third-order valence-corrected chi connectivity index (χ3v) is 3.93. The number of carbonyl (C=O) groups is 2. The second kappa shape index (κ2) is 8.08. The molecule has 1 heterocycles. The van der Waals surface area contributed by atoms with Crippen LogP contribution in [0.15, 0.2) is 24.3 Å². The standard InChI is InChI=1S/C17H18F3N3O3/c1-11(26-13-5-2-4-12(8-13)9-21)16(25)23-7-3-6-14(23)15(24)22-10-17(18,19)20/h2,4-5,8,11,14H,3,6-7,10H2,1H3,(H,22,24)/t11-,14+/m1/s1. The van der Waals surface area contributed by atoms with Crippen molar-refractivity contribution in [3.05, 3.63) is 29.8 Å². The van der Waals surface area contributed by atoms with Crippen molar-refractivity contribution in [2.24, 2.45) is 0 Å². The van der Waals surface area contributed by atoms with Gasteiger partial charge in [-0.1, -0.05) is 6.07 Å². The number of likely N-dealkylation sites (tertiary alicyclic amines) is 1. The molecule has 1 aromatic rings. The van der Waals surface area contributed by atoms with Gasteiger partial charge in [-0.25, -0.2) is 0 Å². The van der Waals surface area contributed by atoms with Crippen molar-refractivity contribution in [3.8, 4) is 11.8 Å². The molecular formula is C17H18F3N3O3. The second-order valence-corrected chi connectivity index (χ2v) is 5.92. The Hall–Kier alpha value is -2.76. The fourth-order valence-electron chi connectivity index (χ4n) is 2.74. The summed E-state index contributed by atoms with van der Waals surface area (Å²) in [5, 5.41) is 10.7. The van der Waals surface area contributed by atoms with Gasteiger partial charge in [0.25, 0.3) is 5.91 Å². The molecule has 1 aliphatic heterocycles. The molecule has 9 heteroatoms. The van der Waals surface area contributed by atoms with Crippen LogP contribution in [0.1, 0.15) is 25.3 Å². The fourth-order valence-corrected chi connectivity index (χ4v) is 2.74. The maximum absolute atomic E-state index is 12.6. The predicted molar refractivity (Wildman–Crippen MR) is 85.0 cm³/mol. The lowest BCUT2D eigenvalue weighted by atomic mass is 10.2. The molecule has 1 aliphatic rings. The number of alkyl halides is 3. The number of hydrogen-bond donors (Lipinski definition) is 1. The smallest absolute Gasteiger partial charge is 0.405 e. The summed E-state index contributed by atoms with van der Waals surface area (Å²) < 4.78 is 42.3. The number of benzene rings is 1. The quantitative estimate of drug-likeness (QED) is 0.861. The van der Waals surface area contributed by atoms with Gasteiger partial charge in [0.1, 0.15) is 18.3 Å². The maximum Gasteiger partial charge on any atom is 0.405 e. The molecule has 140 valence electrons. The van der Waals surface area contributed by atoms with Crippen LogP contribution in [0, 0.1) is 11.3 Å². The number of nitrogens with one attached hydrogen (secondary N) is 1. The van der Waals surface area contributed by atoms with Crippen LogP contribution in [-0.4, -0.2) is 48.1 Å². The Balaban J connectivity index is 2.00. The number of hydrogen-bond acceptors (Lipinski definition) is 4. The largest absolute Gasteiger partial charge is 0.481 e. The van der Waals surface area contributed by atoms with Gasteiger partial charge in [-0.15, -0.1) is 0 Å². The summed E-state index contributed by atoms with van der Waals surface area (Å²) in [7, 11) is 0. The molecule has 0 unspecified atom stereocenters. The maximum atomic E-state index is 12.6. The summed E-state index contributed by atoms with van der Waals surface area (Å²) in [6, 6.07) is 7.26. The number of carbonyl (C=O) groups excluding carboxylic acids is 2. The van der Waals surface area contributed by atoms with Crippen molar-refractivity contribution < 1.29 is 27.5 Å². The van der Waals surface area contributed by atoms with E-state index in [1.165, 1.54) is 17.9 Å². The predicted octanol–water partition coefficient (Wildman–Crippen LogP) is 2.00. The van der Waals surface area contributed by atoms with Gasteiger partial charge >= 0.3 is 6.18 Å². The minimum absolute atomic E-state index is 0.273. The average molecular weight is 369 g/mol. The third kappa shape index (κ3) is 5.12. The van der Waals surface area contributed by atoms with Gasteiger partial charge in [0, 0.05) is 6.54 Å². The molecule has 1 N–H and O–H groups in total. The molecule has 0 spiro atoms. The van der Waals surface area contributed by atoms with E-state index in [-0.39, 0.29) is 6.54 Å². The number of nitrogens with zero attached hydrogens (tertiary/aromatic N) is 2. The van der Waals surface area contributed by atoms with Gasteiger partial charge in [-0.2, -0.15) is 18.4 Å². The van der Waals surface area contributed by atoms with Gasteiger partial charge in [0.15, 0.2) is 6.10 Å². The van der Waals surface area contributed by atoms with E-state index in [1.54, 1.807) is 18.2 Å². The summed E-state index contributed by atoms with van der Waals surface area (Å²) >= 11 is 0. The molecule has 0 saturated carbocycles. The molecular weight excluding hydrogens is 351 g/mol. The van der Waals surface area contributed by atoms with Crippen molar-refractivity contribution in [1.82, 2.24) is 10.2 Å². The molecule has 1 fully saturated rings. The monoisotopic (exact) mass is 369 g/mol. The first kappa shape index (κ1) is 19.6. The molecule has 0 bridgehead atoms. The van der Waals surface area contributed by atoms with Crippen LogP contribution >= 0.6 is 0 Å². The zero-order chi connectivity index (χ0) is 19.3. The number of ether oxygens (including phenoxy) is 1. The van der Waals surface area contributed by atoms with Crippen molar-refractivity contribution in [1.29, 1.82) is 5.26 Å². The summed E-state index contributed by atoms with van der Waals surface area (Å²) in [6.45, 7) is 0.330. The van der Waals surface area contributed by atoms with E-state index >= 15 is 0 Å². The van der Waals surface area contributed by atoms with Crippen molar-refractivity contribution in [3.63, 3.8) is 0 Å². The number of nitriles is 1. The van der Waals surface area contributed by atoms with E-state index in [4.69, 9.17) is 10.00 Å². The van der Waals surface area contributed by atoms with Crippen LogP contribution in [-0.2, 0) is 9.59 Å². The van der Waals surface area contributed by atoms with Crippen LogP contribution in [0.3, 0.4) is 0 Å². The summed E-state index contributed by atoms with van der Waals surface area (Å²) in [5.41, 5.74) is 0.368. The Morgan fingerprint density at radius 3 is 2.85 bits per heavy atom. The highest BCUT2D eigenvalue weighted by molar-refractivity contribution is 5.90. The molecule has 0 aromatic heterocycles. The molecule has 2 atom stereocenters. The molecule has 0 radical (unpaired) electrons. The van der Waals surface area contributed by atoms with Gasteiger partial charge in [-0.3, -0.25) is 9.59 Å². The third-order valence-electron chi connectivity index (χ3n) is 3.93. The van der Waals surface area contributed by atoms with Crippen LogP contribution in [0.5, 0.6) is 5.75 Å². The summed E-state index contributed by atoms with van der Waals surface area (Å²) in [4.78, 5) is 25.8. The van der Waals surface area contributed by atoms with Gasteiger partial charge in [-0.05, 0) is 38.0 Å². The molecule has 1 aromatic carbocycles. The van der Waals surface area contributed by atoms with Crippen molar-refractivity contribution >= 4 is 11.8 Å². The SMILES string of the molecule is C[C@@H](Oc1cccc(C#N)c1)C(=O)N1CCC[C@H]1C(=O)NCC(F)(F)F. The topological polar surface area (TPSA) is 82.4 Å². The van der Waals surface area contributed by atoms with Crippen molar-refractivity contribution in [2.75, 3.05) is 13.1 Å². The van der Waals surface area contributed by atoms with Crippen LogP contribution in [0.25, 0.3) is 0 Å². The van der Waals surface area contributed by atoms with E-state index in [0.29, 0.717) is 24.2 Å². The lowest BCUT2D eigenvalue weighted by molar-refractivity contribution is -0.147. The Morgan fingerprint density at radius 1 is 1.46 bits per heavy atom. The zero-order valence-corrected chi connectivity index (χ0v) is 14.0. The molecule has 2 rings (SSSR count). The lowest BCUT2D eigenvalue weighted by Gasteiger charge is -2.27. The van der Waals surface area contributed by atoms with Crippen LogP contribution in [0.4, 0.5) is 13.2 Å². The summed E-state index contributed by atoms with van der Waals surface area (Å²) in [6.07, 6.45) is -4.64. The number of rotatable bonds is 5. The number of amides is 2. The minimum atomic E-state index is -4.51. The van der Waals surface area contributed by atoms with Gasteiger partial charge < -0.3 is 15.0 Å². The van der Waals surface area contributed by atoms with Gasteiger partial charge in [0.05, 0.1) is 11.6 Å². The lowest BCUT2D eigenvalue weighted by Crippen LogP contribution is -2.50. The van der Waals surface area contributed by atoms with Crippen LogP contribution < -0.4 is 10.1 Å². The van der Waals surface area contributed by atoms with E-state index in [2.05, 4.69) is 0 Å². The average Bonchev–Trinajstić information content (AvgIpc) is 3.08. The molecule has 6 nitrogen and oxygen atoms in total. The molecule has 2 amide bonds. The van der Waals surface area contributed by atoms with E-state index in [9.17, 15) is 22.8 Å². The highest BCUT2D eigenvalue weighted by Gasteiger charge is 2.38. The molecule has 26 heavy (non-hydrogen) atoms. The molecule has 0 aliphatic carbocycles. The Kier molecular flexibility index (Phi) is 6.08. The fraction of sp³-hybridized carbons (Fsp3) is 0.471. The first-order valence-corrected chi connectivity index (χ1v) is 8.03. The Bertz CT molecular complexity index is 715. The Morgan fingerprint density at radius 2 is 2.19 bits per heavy atom. The number of halogens is 3. The minimum Gasteiger partial charge on any atom is -0.481 e. The van der Waals surface area contributed by atoms with Gasteiger partial charge in [0.2, 0.25) is 5.91 Å². The zero-order valence-electron chi connectivity index (χ0n) is 14.0.